The number of carbonyl (C=O) groups is 1. The van der Waals surface area contributed by atoms with Crippen LogP contribution >= 0.6 is 0 Å². The molecule has 4 aromatic rings. The third-order valence-electron chi connectivity index (χ3n) is 5.35. The van der Waals surface area contributed by atoms with E-state index < -0.39 is 10.8 Å². The van der Waals surface area contributed by atoms with Crippen molar-refractivity contribution in [1.29, 1.82) is 0 Å². The van der Waals surface area contributed by atoms with Crippen LogP contribution in [-0.2, 0) is 11.3 Å². The number of rotatable bonds is 5. The highest BCUT2D eigenvalue weighted by atomic mass is 16.6. The Hall–Kier alpha value is -3.67. The molecule has 6 heteroatoms. The first-order valence-corrected chi connectivity index (χ1v) is 9.55. The molecule has 1 aromatic heterocycles. The molecule has 0 aliphatic carbocycles. The normalized spacial score (nSPS) is 12.2. The highest BCUT2D eigenvalue weighted by molar-refractivity contribution is 6.10. The molecule has 0 spiro atoms. The lowest BCUT2D eigenvalue weighted by Crippen LogP contribution is -2.18. The summed E-state index contributed by atoms with van der Waals surface area (Å²) in [6.45, 7) is 4.78. The number of carbonyl (C=O) groups excluding carboxylic acids is 1. The fourth-order valence-electron chi connectivity index (χ4n) is 3.76. The van der Waals surface area contributed by atoms with Crippen molar-refractivity contribution in [1.82, 2.24) is 4.57 Å². The highest BCUT2D eigenvalue weighted by Crippen LogP contribution is 2.31. The van der Waals surface area contributed by atoms with E-state index in [1.807, 2.05) is 30.3 Å². The van der Waals surface area contributed by atoms with Gasteiger partial charge >= 0.3 is 0 Å². The fraction of sp³-hybridized carbons (Fsp3) is 0.174. The molecule has 4 rings (SSSR count). The van der Waals surface area contributed by atoms with Crippen LogP contribution < -0.4 is 5.32 Å². The van der Waals surface area contributed by atoms with Crippen molar-refractivity contribution in [3.8, 4) is 0 Å². The smallest absolute Gasteiger partial charge is 0.269 e. The lowest BCUT2D eigenvalue weighted by Gasteiger charge is -2.13. The molecule has 1 heterocycles. The van der Waals surface area contributed by atoms with E-state index in [0.29, 0.717) is 0 Å². The number of nitrogens with one attached hydrogen (secondary N) is 1. The first-order chi connectivity index (χ1) is 14.0. The van der Waals surface area contributed by atoms with Crippen molar-refractivity contribution in [2.75, 3.05) is 5.32 Å². The van der Waals surface area contributed by atoms with Gasteiger partial charge < -0.3 is 9.88 Å². The van der Waals surface area contributed by atoms with Gasteiger partial charge in [0.15, 0.2) is 0 Å². The summed E-state index contributed by atoms with van der Waals surface area (Å²) in [6.07, 6.45) is 0. The van der Waals surface area contributed by atoms with E-state index in [1.165, 1.54) is 17.6 Å². The Bertz CT molecular complexity index is 1230. The number of non-ortho nitro benzene ring substituents is 1. The van der Waals surface area contributed by atoms with Gasteiger partial charge in [0, 0.05) is 46.2 Å². The van der Waals surface area contributed by atoms with Gasteiger partial charge in [0.25, 0.3) is 5.69 Å². The lowest BCUT2D eigenvalue weighted by atomic mass is 10.00. The molecule has 1 amide bonds. The average Bonchev–Trinajstić information content (AvgIpc) is 3.06. The van der Waals surface area contributed by atoms with Crippen molar-refractivity contribution in [3.63, 3.8) is 0 Å². The largest absolute Gasteiger partial charge is 0.341 e. The quantitative estimate of drug-likeness (QED) is 0.365. The molecule has 29 heavy (non-hydrogen) atoms. The maximum absolute atomic E-state index is 12.7. The van der Waals surface area contributed by atoms with Crippen LogP contribution in [0.25, 0.3) is 21.8 Å². The molecule has 0 aliphatic rings. The van der Waals surface area contributed by atoms with Crippen LogP contribution in [0.15, 0.2) is 66.7 Å². The van der Waals surface area contributed by atoms with Crippen LogP contribution in [0.2, 0.25) is 0 Å². The Labute approximate surface area is 167 Å². The number of nitrogens with zero attached hydrogens (tertiary/aromatic N) is 2. The van der Waals surface area contributed by atoms with Gasteiger partial charge in [-0.25, -0.2) is 0 Å². The van der Waals surface area contributed by atoms with Crippen LogP contribution in [0, 0.1) is 10.1 Å². The number of nitro groups is 1. The number of hydrogen-bond acceptors (Lipinski definition) is 3. The maximum atomic E-state index is 12.7. The predicted molar refractivity (Wildman–Crippen MR) is 115 cm³/mol. The number of aryl methyl sites for hydroxylation is 1. The topological polar surface area (TPSA) is 77.2 Å². The molecule has 1 N–H and O–H groups in total. The first kappa shape index (κ1) is 18.7. The van der Waals surface area contributed by atoms with Crippen molar-refractivity contribution < 1.29 is 9.72 Å². The Morgan fingerprint density at radius 1 is 1.03 bits per heavy atom. The van der Waals surface area contributed by atoms with Crippen LogP contribution in [0.1, 0.15) is 25.3 Å². The van der Waals surface area contributed by atoms with Crippen molar-refractivity contribution in [2.45, 2.75) is 26.3 Å². The third-order valence-corrected chi connectivity index (χ3v) is 5.35. The molecule has 146 valence electrons. The van der Waals surface area contributed by atoms with E-state index in [2.05, 4.69) is 28.9 Å². The molecule has 0 aliphatic heterocycles. The summed E-state index contributed by atoms with van der Waals surface area (Å²) in [7, 11) is 0. The fourth-order valence-corrected chi connectivity index (χ4v) is 3.76. The minimum atomic E-state index is -0.448. The summed E-state index contributed by atoms with van der Waals surface area (Å²) in [4.78, 5) is 23.1. The number of fused-ring (bicyclic) bond motifs is 3. The number of amides is 1. The van der Waals surface area contributed by atoms with Gasteiger partial charge in [0.05, 0.1) is 10.8 Å². The Morgan fingerprint density at radius 2 is 1.72 bits per heavy atom. The van der Waals surface area contributed by atoms with Crippen LogP contribution in [0.3, 0.4) is 0 Å². The molecular formula is C23H21N3O3. The van der Waals surface area contributed by atoms with E-state index in [1.54, 1.807) is 19.1 Å². The third kappa shape index (κ3) is 3.33. The van der Waals surface area contributed by atoms with Crippen molar-refractivity contribution in [3.05, 3.63) is 82.4 Å². The Morgan fingerprint density at radius 3 is 2.41 bits per heavy atom. The molecule has 0 saturated carbocycles. The predicted octanol–water partition coefficient (Wildman–Crippen LogP) is 5.46. The minimum Gasteiger partial charge on any atom is -0.341 e. The summed E-state index contributed by atoms with van der Waals surface area (Å²) in [5, 5.41) is 16.0. The summed E-state index contributed by atoms with van der Waals surface area (Å²) in [5.74, 6) is -0.582. The molecular weight excluding hydrogens is 366 g/mol. The van der Waals surface area contributed by atoms with Crippen LogP contribution in [0.5, 0.6) is 0 Å². The molecule has 3 aromatic carbocycles. The molecule has 0 saturated heterocycles. The number of nitro benzene ring substituents is 1. The van der Waals surface area contributed by atoms with Crippen molar-refractivity contribution in [2.24, 2.45) is 0 Å². The zero-order valence-corrected chi connectivity index (χ0v) is 16.3. The van der Waals surface area contributed by atoms with Crippen LogP contribution in [-0.4, -0.2) is 15.4 Å². The second-order valence-corrected chi connectivity index (χ2v) is 7.05. The molecule has 1 atom stereocenters. The highest BCUT2D eigenvalue weighted by Gasteiger charge is 2.17. The monoisotopic (exact) mass is 387 g/mol. The summed E-state index contributed by atoms with van der Waals surface area (Å²) in [6, 6.07) is 20.3. The van der Waals surface area contributed by atoms with Gasteiger partial charge in [-0.15, -0.1) is 0 Å². The zero-order chi connectivity index (χ0) is 20.5. The lowest BCUT2D eigenvalue weighted by molar-refractivity contribution is -0.384. The van der Waals surface area contributed by atoms with Gasteiger partial charge in [-0.1, -0.05) is 30.3 Å². The van der Waals surface area contributed by atoms with Gasteiger partial charge in [-0.3, -0.25) is 14.9 Å². The van der Waals surface area contributed by atoms with E-state index in [0.717, 1.165) is 34.1 Å². The SMILES string of the molecule is CCn1c2ccccc2c2cc(NC(=O)[C@@H](C)c3ccc([N+](=O)[O-])cc3)ccc21. The van der Waals surface area contributed by atoms with Crippen molar-refractivity contribution >= 4 is 39.1 Å². The average molecular weight is 387 g/mol. The van der Waals surface area contributed by atoms with Gasteiger partial charge in [0.2, 0.25) is 5.91 Å². The maximum Gasteiger partial charge on any atom is 0.269 e. The molecule has 0 radical (unpaired) electrons. The Kier molecular flexibility index (Phi) is 4.76. The Balaban J connectivity index is 1.62. The van der Waals surface area contributed by atoms with E-state index >= 15 is 0 Å². The molecule has 0 bridgehead atoms. The van der Waals surface area contributed by atoms with E-state index in [9.17, 15) is 14.9 Å². The van der Waals surface area contributed by atoms with Gasteiger partial charge in [0.1, 0.15) is 0 Å². The summed E-state index contributed by atoms with van der Waals surface area (Å²) >= 11 is 0. The minimum absolute atomic E-state index is 0.0131. The number of benzene rings is 3. The standard InChI is InChI=1S/C23H21N3O3/c1-3-25-21-7-5-4-6-19(21)20-14-17(10-13-22(20)25)24-23(27)15(2)16-8-11-18(12-9-16)26(28)29/h4-15H,3H2,1-2H3,(H,24,27)/t15-/m0/s1. The first-order valence-electron chi connectivity index (χ1n) is 9.55. The molecule has 0 unspecified atom stereocenters. The number of para-hydroxylation sites is 1. The van der Waals surface area contributed by atoms with Crippen LogP contribution in [0.4, 0.5) is 11.4 Å². The van der Waals surface area contributed by atoms with E-state index in [4.69, 9.17) is 0 Å². The number of hydrogen-bond donors (Lipinski definition) is 1. The van der Waals surface area contributed by atoms with Gasteiger partial charge in [-0.2, -0.15) is 0 Å². The summed E-state index contributed by atoms with van der Waals surface area (Å²) in [5.41, 5.74) is 3.79. The van der Waals surface area contributed by atoms with Gasteiger partial charge in [-0.05, 0) is 43.7 Å². The summed E-state index contributed by atoms with van der Waals surface area (Å²) < 4.78 is 2.26. The van der Waals surface area contributed by atoms with E-state index in [-0.39, 0.29) is 11.6 Å². The second-order valence-electron chi connectivity index (χ2n) is 7.05. The second kappa shape index (κ2) is 7.39. The molecule has 0 fully saturated rings. The molecule has 6 nitrogen and oxygen atoms in total. The number of anilines is 1. The zero-order valence-electron chi connectivity index (χ0n) is 16.3. The number of aromatic nitrogens is 1.